The van der Waals surface area contributed by atoms with E-state index in [0.717, 1.165) is 6.26 Å². The van der Waals surface area contributed by atoms with Crippen LogP contribution in [0, 0.1) is 0 Å². The number of amides is 1. The number of hydrogen-bond donors (Lipinski definition) is 0. The lowest BCUT2D eigenvalue weighted by Gasteiger charge is -2.21. The van der Waals surface area contributed by atoms with Crippen LogP contribution >= 0.6 is 0 Å². The molecule has 0 aliphatic carbocycles. The molecule has 8 heteroatoms. The van der Waals surface area contributed by atoms with Gasteiger partial charge in [-0.3, -0.25) is 9.08 Å². The van der Waals surface area contributed by atoms with Crippen molar-refractivity contribution in [2.75, 3.05) is 31.5 Å². The molecular formula is C12H15NO6S. The van der Waals surface area contributed by atoms with Gasteiger partial charge in [0.25, 0.3) is 10.1 Å². The summed E-state index contributed by atoms with van der Waals surface area (Å²) in [4.78, 5) is 13.1. The molecule has 0 unspecified atom stereocenters. The lowest BCUT2D eigenvalue weighted by Crippen LogP contribution is -2.37. The number of benzene rings is 1. The van der Waals surface area contributed by atoms with E-state index in [0.29, 0.717) is 11.4 Å². The monoisotopic (exact) mass is 301 g/mol. The third-order valence-electron chi connectivity index (χ3n) is 2.79. The molecule has 20 heavy (non-hydrogen) atoms. The Morgan fingerprint density at radius 2 is 2.00 bits per heavy atom. The van der Waals surface area contributed by atoms with Gasteiger partial charge in [0.15, 0.2) is 0 Å². The molecule has 0 N–H and O–H groups in total. The molecule has 1 atom stereocenters. The summed E-state index contributed by atoms with van der Waals surface area (Å²) in [6.45, 7) is -0.0585. The van der Waals surface area contributed by atoms with Crippen LogP contribution in [-0.4, -0.2) is 47.1 Å². The quantitative estimate of drug-likeness (QED) is 0.755. The minimum Gasteiger partial charge on any atom is -0.497 e. The molecular weight excluding hydrogens is 286 g/mol. The normalized spacial score (nSPS) is 19.0. The van der Waals surface area contributed by atoms with E-state index in [1.165, 1.54) is 4.90 Å². The van der Waals surface area contributed by atoms with Gasteiger partial charge in [0, 0.05) is 5.69 Å². The Morgan fingerprint density at radius 1 is 1.35 bits per heavy atom. The number of carbonyl (C=O) groups is 1. The second kappa shape index (κ2) is 5.68. The molecule has 1 aromatic rings. The van der Waals surface area contributed by atoms with E-state index < -0.39 is 22.3 Å². The topological polar surface area (TPSA) is 82.1 Å². The predicted molar refractivity (Wildman–Crippen MR) is 71.4 cm³/mol. The first kappa shape index (κ1) is 14.6. The summed E-state index contributed by atoms with van der Waals surface area (Å²) in [7, 11) is -2.02. The fraction of sp³-hybridized carbons (Fsp3) is 0.417. The van der Waals surface area contributed by atoms with Gasteiger partial charge in [0.05, 0.1) is 26.0 Å². The molecule has 0 saturated carbocycles. The molecule has 1 saturated heterocycles. The number of methoxy groups -OCH3 is 1. The lowest BCUT2D eigenvalue weighted by molar-refractivity contribution is 0.175. The summed E-state index contributed by atoms with van der Waals surface area (Å²) in [6.07, 6.45) is 0.430. The Hall–Kier alpha value is -1.80. The van der Waals surface area contributed by atoms with Crippen LogP contribution in [0.15, 0.2) is 24.3 Å². The van der Waals surface area contributed by atoms with Gasteiger partial charge in [-0.05, 0) is 24.3 Å². The third-order valence-corrected chi connectivity index (χ3v) is 3.35. The SMILES string of the molecule is COc1ccc(N2C(=O)OC[C@@H]2COS(C)(=O)=O)cc1. The third kappa shape index (κ3) is 3.40. The first-order chi connectivity index (χ1) is 9.40. The Kier molecular flexibility index (Phi) is 4.15. The molecule has 1 aliphatic rings. The number of ether oxygens (including phenoxy) is 2. The number of carbonyl (C=O) groups excluding carboxylic acids is 1. The maximum Gasteiger partial charge on any atom is 0.414 e. The second-order valence-electron chi connectivity index (χ2n) is 4.29. The number of rotatable bonds is 5. The average Bonchev–Trinajstić information content (AvgIpc) is 2.77. The summed E-state index contributed by atoms with van der Waals surface area (Å²) < 4.78 is 36.7. The molecule has 0 bridgehead atoms. The number of cyclic esters (lactones) is 1. The van der Waals surface area contributed by atoms with Crippen molar-refractivity contribution in [1.29, 1.82) is 0 Å². The van der Waals surface area contributed by atoms with E-state index in [2.05, 4.69) is 0 Å². The van der Waals surface area contributed by atoms with Crippen molar-refractivity contribution in [3.05, 3.63) is 24.3 Å². The van der Waals surface area contributed by atoms with Crippen LogP contribution in [0.5, 0.6) is 5.75 Å². The molecule has 2 rings (SSSR count). The summed E-state index contributed by atoms with van der Waals surface area (Å²) >= 11 is 0. The standard InChI is InChI=1S/C12H15NO6S/c1-17-11-5-3-9(4-6-11)13-10(7-18-12(13)14)8-19-20(2,15)16/h3-6,10H,7-8H2,1-2H3/t10-/m1/s1. The van der Waals surface area contributed by atoms with Crippen molar-refractivity contribution in [2.24, 2.45) is 0 Å². The van der Waals surface area contributed by atoms with Gasteiger partial charge in [0.1, 0.15) is 12.4 Å². The van der Waals surface area contributed by atoms with Gasteiger partial charge in [-0.2, -0.15) is 8.42 Å². The first-order valence-corrected chi connectivity index (χ1v) is 7.67. The highest BCUT2D eigenvalue weighted by molar-refractivity contribution is 7.85. The molecule has 0 spiro atoms. The van der Waals surface area contributed by atoms with Crippen molar-refractivity contribution in [3.63, 3.8) is 0 Å². The van der Waals surface area contributed by atoms with Crippen LogP contribution in [0.3, 0.4) is 0 Å². The molecule has 0 radical (unpaired) electrons. The number of anilines is 1. The zero-order chi connectivity index (χ0) is 14.8. The second-order valence-corrected chi connectivity index (χ2v) is 5.93. The molecule has 1 aliphatic heterocycles. The summed E-state index contributed by atoms with van der Waals surface area (Å²) in [5, 5.41) is 0. The van der Waals surface area contributed by atoms with Gasteiger partial charge < -0.3 is 9.47 Å². The highest BCUT2D eigenvalue weighted by atomic mass is 32.2. The maximum atomic E-state index is 11.7. The minimum atomic E-state index is -3.56. The van der Waals surface area contributed by atoms with Crippen molar-refractivity contribution in [1.82, 2.24) is 0 Å². The first-order valence-electron chi connectivity index (χ1n) is 5.85. The highest BCUT2D eigenvalue weighted by Crippen LogP contribution is 2.25. The van der Waals surface area contributed by atoms with Crippen LogP contribution in [-0.2, 0) is 19.0 Å². The largest absolute Gasteiger partial charge is 0.497 e. The zero-order valence-electron chi connectivity index (χ0n) is 11.1. The molecule has 0 aromatic heterocycles. The average molecular weight is 301 g/mol. The Balaban J connectivity index is 2.15. The van der Waals surface area contributed by atoms with Crippen molar-refractivity contribution >= 4 is 21.9 Å². The predicted octanol–water partition coefficient (Wildman–Crippen LogP) is 0.997. The Morgan fingerprint density at radius 3 is 2.55 bits per heavy atom. The van der Waals surface area contributed by atoms with E-state index in [4.69, 9.17) is 13.7 Å². The smallest absolute Gasteiger partial charge is 0.414 e. The molecule has 110 valence electrons. The highest BCUT2D eigenvalue weighted by Gasteiger charge is 2.35. The van der Waals surface area contributed by atoms with Crippen molar-refractivity contribution < 1.29 is 26.9 Å². The van der Waals surface area contributed by atoms with E-state index in [-0.39, 0.29) is 13.2 Å². The van der Waals surface area contributed by atoms with Crippen LogP contribution in [0.2, 0.25) is 0 Å². The molecule has 1 aromatic carbocycles. The van der Waals surface area contributed by atoms with Crippen molar-refractivity contribution in [3.8, 4) is 5.75 Å². The van der Waals surface area contributed by atoms with Crippen LogP contribution < -0.4 is 9.64 Å². The van der Waals surface area contributed by atoms with E-state index in [1.807, 2.05) is 0 Å². The Labute approximate surface area is 117 Å². The Bertz CT molecular complexity index is 582. The van der Waals surface area contributed by atoms with Gasteiger partial charge in [0.2, 0.25) is 0 Å². The number of hydrogen-bond acceptors (Lipinski definition) is 6. The summed E-state index contributed by atoms with van der Waals surface area (Å²) in [5.74, 6) is 0.658. The zero-order valence-corrected chi connectivity index (χ0v) is 11.9. The minimum absolute atomic E-state index is 0.0837. The fourth-order valence-corrected chi connectivity index (χ4v) is 2.25. The van der Waals surface area contributed by atoms with E-state index >= 15 is 0 Å². The molecule has 1 amide bonds. The summed E-state index contributed by atoms with van der Waals surface area (Å²) in [6, 6.07) is 6.31. The van der Waals surface area contributed by atoms with Gasteiger partial charge in [-0.25, -0.2) is 4.79 Å². The molecule has 1 fully saturated rings. The van der Waals surface area contributed by atoms with E-state index in [1.54, 1.807) is 31.4 Å². The maximum absolute atomic E-state index is 11.7. The van der Waals surface area contributed by atoms with Crippen LogP contribution in [0.25, 0.3) is 0 Å². The van der Waals surface area contributed by atoms with Crippen LogP contribution in [0.4, 0.5) is 10.5 Å². The van der Waals surface area contributed by atoms with Gasteiger partial charge in [-0.1, -0.05) is 0 Å². The van der Waals surface area contributed by atoms with E-state index in [9.17, 15) is 13.2 Å². The molecule has 1 heterocycles. The lowest BCUT2D eigenvalue weighted by atomic mass is 10.2. The summed E-state index contributed by atoms with van der Waals surface area (Å²) in [5.41, 5.74) is 0.593. The van der Waals surface area contributed by atoms with Crippen molar-refractivity contribution in [2.45, 2.75) is 6.04 Å². The van der Waals surface area contributed by atoms with Crippen LogP contribution in [0.1, 0.15) is 0 Å². The van der Waals surface area contributed by atoms with Gasteiger partial charge in [-0.15, -0.1) is 0 Å². The fourth-order valence-electron chi connectivity index (χ4n) is 1.84. The van der Waals surface area contributed by atoms with Gasteiger partial charge >= 0.3 is 6.09 Å². The molecule has 7 nitrogen and oxygen atoms in total. The number of nitrogens with zero attached hydrogens (tertiary/aromatic N) is 1.